The molecule has 3 heteroatoms. The van der Waals surface area contributed by atoms with Crippen LogP contribution in [-0.2, 0) is 9.59 Å². The van der Waals surface area contributed by atoms with E-state index in [2.05, 4.69) is 0 Å². The van der Waals surface area contributed by atoms with Gasteiger partial charge in [0.25, 0.3) is 0 Å². The van der Waals surface area contributed by atoms with Gasteiger partial charge in [-0.3, -0.25) is 9.59 Å². The summed E-state index contributed by atoms with van der Waals surface area (Å²) in [6.45, 7) is 1.40. The van der Waals surface area contributed by atoms with E-state index in [4.69, 9.17) is 0 Å². The van der Waals surface area contributed by atoms with Crippen molar-refractivity contribution in [3.8, 4) is 0 Å². The third-order valence-corrected chi connectivity index (χ3v) is 2.30. The fourth-order valence-corrected chi connectivity index (χ4v) is 1.67. The minimum Gasteiger partial charge on any atom is -0.382 e. The molecule has 1 rings (SSSR count). The van der Waals surface area contributed by atoms with Crippen LogP contribution in [0.3, 0.4) is 0 Å². The minimum atomic E-state index is -1.33. The zero-order valence-electron chi connectivity index (χ0n) is 7.30. The largest absolute Gasteiger partial charge is 0.382 e. The second-order valence-electron chi connectivity index (χ2n) is 3.54. The van der Waals surface area contributed by atoms with Gasteiger partial charge >= 0.3 is 0 Å². The molecule has 12 heavy (non-hydrogen) atoms. The van der Waals surface area contributed by atoms with Crippen molar-refractivity contribution in [2.75, 3.05) is 0 Å². The Morgan fingerprint density at radius 2 is 2.25 bits per heavy atom. The van der Waals surface area contributed by atoms with Crippen molar-refractivity contribution in [1.29, 1.82) is 0 Å². The van der Waals surface area contributed by atoms with Crippen molar-refractivity contribution in [2.24, 2.45) is 0 Å². The van der Waals surface area contributed by atoms with Gasteiger partial charge < -0.3 is 5.11 Å². The lowest BCUT2D eigenvalue weighted by Crippen LogP contribution is -2.42. The summed E-state index contributed by atoms with van der Waals surface area (Å²) in [7, 11) is 0. The summed E-state index contributed by atoms with van der Waals surface area (Å²) in [6, 6.07) is 0. The molecule has 0 amide bonds. The Labute approximate surface area is 71.8 Å². The summed E-state index contributed by atoms with van der Waals surface area (Å²) in [5, 5.41) is 9.74. The lowest BCUT2D eigenvalue weighted by atomic mass is 9.80. The summed E-state index contributed by atoms with van der Waals surface area (Å²) < 4.78 is 0. The summed E-state index contributed by atoms with van der Waals surface area (Å²) in [6.07, 6.45) is 2.55. The average Bonchev–Trinajstić information content (AvgIpc) is 1.94. The minimum absolute atomic E-state index is 0.00810. The molecule has 0 aromatic heterocycles. The first kappa shape index (κ1) is 9.39. The number of hydrogen-bond acceptors (Lipinski definition) is 3. The molecule has 1 saturated carbocycles. The van der Waals surface area contributed by atoms with E-state index in [-0.39, 0.29) is 18.0 Å². The highest BCUT2D eigenvalue weighted by Gasteiger charge is 2.38. The van der Waals surface area contributed by atoms with E-state index in [1.807, 2.05) is 0 Å². The lowest BCUT2D eigenvalue weighted by molar-refractivity contribution is -0.145. The SMILES string of the molecule is CC(=O)C[C@]1(O)CCCCC1=O. The Kier molecular flexibility index (Phi) is 2.62. The molecule has 0 radical (unpaired) electrons. The van der Waals surface area contributed by atoms with Crippen LogP contribution in [0.25, 0.3) is 0 Å². The van der Waals surface area contributed by atoms with Crippen molar-refractivity contribution in [1.82, 2.24) is 0 Å². The molecule has 0 aromatic carbocycles. The maximum absolute atomic E-state index is 11.2. The molecule has 0 aromatic rings. The molecular formula is C9H14O3. The molecule has 1 atom stereocenters. The van der Waals surface area contributed by atoms with Crippen LogP contribution in [0.5, 0.6) is 0 Å². The van der Waals surface area contributed by atoms with Crippen LogP contribution in [0.4, 0.5) is 0 Å². The van der Waals surface area contributed by atoms with E-state index in [0.717, 1.165) is 12.8 Å². The standard InChI is InChI=1S/C9H14O3/c1-7(10)6-9(12)5-3-2-4-8(9)11/h12H,2-6H2,1H3/t9-/m1/s1. The van der Waals surface area contributed by atoms with Crippen LogP contribution in [0.1, 0.15) is 39.0 Å². The van der Waals surface area contributed by atoms with Crippen LogP contribution >= 0.6 is 0 Å². The first-order valence-electron chi connectivity index (χ1n) is 4.30. The molecule has 0 unspecified atom stereocenters. The number of aliphatic hydroxyl groups is 1. The van der Waals surface area contributed by atoms with Gasteiger partial charge in [-0.15, -0.1) is 0 Å². The second-order valence-corrected chi connectivity index (χ2v) is 3.54. The van der Waals surface area contributed by atoms with Gasteiger partial charge in [0.1, 0.15) is 11.4 Å². The molecule has 0 heterocycles. The quantitative estimate of drug-likeness (QED) is 0.668. The van der Waals surface area contributed by atoms with Gasteiger partial charge in [0.05, 0.1) is 0 Å². The third-order valence-electron chi connectivity index (χ3n) is 2.30. The molecule has 0 saturated heterocycles. The molecule has 0 spiro atoms. The maximum atomic E-state index is 11.2. The molecule has 1 aliphatic rings. The predicted molar refractivity (Wildman–Crippen MR) is 43.7 cm³/mol. The second kappa shape index (κ2) is 3.35. The molecule has 0 aliphatic heterocycles. The Balaban J connectivity index is 2.66. The van der Waals surface area contributed by atoms with Gasteiger partial charge in [-0.1, -0.05) is 0 Å². The first-order chi connectivity index (χ1) is 5.54. The maximum Gasteiger partial charge on any atom is 0.164 e. The van der Waals surface area contributed by atoms with Crippen molar-refractivity contribution in [2.45, 2.75) is 44.6 Å². The zero-order valence-corrected chi connectivity index (χ0v) is 7.30. The number of carbonyl (C=O) groups is 2. The Morgan fingerprint density at radius 3 is 2.75 bits per heavy atom. The van der Waals surface area contributed by atoms with Gasteiger partial charge in [-0.05, 0) is 26.2 Å². The van der Waals surface area contributed by atoms with Crippen LogP contribution in [0.2, 0.25) is 0 Å². The van der Waals surface area contributed by atoms with Crippen LogP contribution in [-0.4, -0.2) is 22.3 Å². The third kappa shape index (κ3) is 1.91. The highest BCUT2D eigenvalue weighted by Crippen LogP contribution is 2.27. The van der Waals surface area contributed by atoms with E-state index in [1.165, 1.54) is 6.92 Å². The fraction of sp³-hybridized carbons (Fsp3) is 0.778. The summed E-state index contributed by atoms with van der Waals surface area (Å²) in [5.74, 6) is -0.281. The first-order valence-corrected chi connectivity index (χ1v) is 4.30. The average molecular weight is 170 g/mol. The number of Topliss-reactive ketones (excluding diaryl/α,β-unsaturated/α-hetero) is 2. The van der Waals surface area contributed by atoms with Crippen molar-refractivity contribution in [3.63, 3.8) is 0 Å². The van der Waals surface area contributed by atoms with Gasteiger partial charge in [0.2, 0.25) is 0 Å². The molecule has 1 aliphatic carbocycles. The highest BCUT2D eigenvalue weighted by atomic mass is 16.3. The number of carbonyl (C=O) groups excluding carboxylic acids is 2. The van der Waals surface area contributed by atoms with E-state index < -0.39 is 5.60 Å². The highest BCUT2D eigenvalue weighted by molar-refractivity contribution is 5.92. The summed E-state index contributed by atoms with van der Waals surface area (Å²) in [5.41, 5.74) is -1.33. The van der Waals surface area contributed by atoms with E-state index in [0.29, 0.717) is 12.8 Å². The molecule has 1 N–H and O–H groups in total. The number of hydrogen-bond donors (Lipinski definition) is 1. The normalized spacial score (nSPS) is 30.3. The zero-order chi connectivity index (χ0) is 9.19. The van der Waals surface area contributed by atoms with Gasteiger partial charge in [0.15, 0.2) is 5.78 Å². The van der Waals surface area contributed by atoms with E-state index in [9.17, 15) is 14.7 Å². The van der Waals surface area contributed by atoms with Crippen molar-refractivity contribution in [3.05, 3.63) is 0 Å². The fourth-order valence-electron chi connectivity index (χ4n) is 1.67. The Morgan fingerprint density at radius 1 is 1.58 bits per heavy atom. The Hall–Kier alpha value is -0.700. The van der Waals surface area contributed by atoms with Gasteiger partial charge in [-0.25, -0.2) is 0 Å². The molecular weight excluding hydrogens is 156 g/mol. The smallest absolute Gasteiger partial charge is 0.164 e. The molecule has 3 nitrogen and oxygen atoms in total. The topological polar surface area (TPSA) is 54.4 Å². The lowest BCUT2D eigenvalue weighted by Gasteiger charge is -2.29. The molecule has 1 fully saturated rings. The monoisotopic (exact) mass is 170 g/mol. The van der Waals surface area contributed by atoms with Crippen LogP contribution < -0.4 is 0 Å². The molecule has 68 valence electrons. The van der Waals surface area contributed by atoms with Gasteiger partial charge in [0, 0.05) is 12.8 Å². The summed E-state index contributed by atoms with van der Waals surface area (Å²) >= 11 is 0. The van der Waals surface area contributed by atoms with Crippen LogP contribution in [0, 0.1) is 0 Å². The van der Waals surface area contributed by atoms with Crippen molar-refractivity contribution < 1.29 is 14.7 Å². The predicted octanol–water partition coefficient (Wildman–Crippen LogP) is 0.840. The van der Waals surface area contributed by atoms with Gasteiger partial charge in [-0.2, -0.15) is 0 Å². The summed E-state index contributed by atoms with van der Waals surface area (Å²) in [4.78, 5) is 22.0. The van der Waals surface area contributed by atoms with E-state index >= 15 is 0 Å². The number of rotatable bonds is 2. The van der Waals surface area contributed by atoms with Crippen LogP contribution in [0.15, 0.2) is 0 Å². The molecule has 0 bridgehead atoms. The van der Waals surface area contributed by atoms with Crippen molar-refractivity contribution >= 4 is 11.6 Å². The Bertz CT molecular complexity index is 210. The number of ketones is 2. The van der Waals surface area contributed by atoms with E-state index in [1.54, 1.807) is 0 Å².